The first-order valence-electron chi connectivity index (χ1n) is 5.59. The fraction of sp³-hybridized carbons (Fsp3) is 0.417. The van der Waals surface area contributed by atoms with Gasteiger partial charge in [0.25, 0.3) is 0 Å². The van der Waals surface area contributed by atoms with E-state index in [0.29, 0.717) is 0 Å². The van der Waals surface area contributed by atoms with E-state index in [1.807, 2.05) is 18.2 Å². The molecule has 0 aliphatic carbocycles. The van der Waals surface area contributed by atoms with Crippen LogP contribution < -0.4 is 5.43 Å². The van der Waals surface area contributed by atoms with Crippen LogP contribution >= 0.6 is 0 Å². The van der Waals surface area contributed by atoms with Crippen LogP contribution in [-0.2, 0) is 0 Å². The Labute approximate surface area is 105 Å². The Morgan fingerprint density at radius 1 is 1.06 bits per heavy atom. The van der Waals surface area contributed by atoms with Crippen LogP contribution in [0, 0.1) is 0 Å². The number of nitrogens with one attached hydrogen (secondary N) is 1. The van der Waals surface area contributed by atoms with Crippen molar-refractivity contribution >= 4 is 11.9 Å². The summed E-state index contributed by atoms with van der Waals surface area (Å²) in [5.41, 5.74) is 3.38. The van der Waals surface area contributed by atoms with E-state index in [-0.39, 0.29) is 0 Å². The van der Waals surface area contributed by atoms with Crippen molar-refractivity contribution in [1.29, 1.82) is 0 Å². The second-order valence-electron chi connectivity index (χ2n) is 3.97. The molecule has 6 nitrogen and oxygen atoms in total. The smallest absolute Gasteiger partial charge is 0.119 e. The lowest BCUT2D eigenvalue weighted by Gasteiger charge is -2.22. The van der Waals surface area contributed by atoms with Crippen LogP contribution in [0.25, 0.3) is 0 Å². The molecule has 0 saturated heterocycles. The molecule has 1 rings (SSSR count). The average molecular weight is 254 g/mol. The summed E-state index contributed by atoms with van der Waals surface area (Å²) in [5.74, 6) is 0. The molecule has 0 radical (unpaired) electrons. The highest BCUT2D eigenvalue weighted by Gasteiger charge is 2.26. The highest BCUT2D eigenvalue weighted by molar-refractivity contribution is 5.65. The number of para-hydroxylation sites is 1. The first-order valence-corrected chi connectivity index (χ1v) is 5.59. The van der Waals surface area contributed by atoms with E-state index in [0.717, 1.165) is 11.9 Å². The van der Waals surface area contributed by atoms with E-state index in [1.165, 1.54) is 6.92 Å². The summed E-state index contributed by atoms with van der Waals surface area (Å²) in [7, 11) is 0. The monoisotopic (exact) mass is 254 g/mol. The SMILES string of the molecule is C[C@H](O)[C@@H](O)[C@@H](O)[C@H](O)C=NNc1ccccc1. The largest absolute Gasteiger partial charge is 0.391 e. The van der Waals surface area contributed by atoms with Gasteiger partial charge in [-0.25, -0.2) is 0 Å². The molecule has 0 saturated carbocycles. The second-order valence-corrected chi connectivity index (χ2v) is 3.97. The van der Waals surface area contributed by atoms with Crippen LogP contribution in [0.15, 0.2) is 35.4 Å². The maximum absolute atomic E-state index is 9.50. The summed E-state index contributed by atoms with van der Waals surface area (Å²) in [4.78, 5) is 0. The van der Waals surface area contributed by atoms with Gasteiger partial charge in [0.05, 0.1) is 18.0 Å². The molecular formula is C12H18N2O4. The number of aliphatic hydroxyl groups excluding tert-OH is 4. The van der Waals surface area contributed by atoms with Crippen molar-refractivity contribution in [2.75, 3.05) is 5.43 Å². The molecule has 0 aromatic heterocycles. The summed E-state index contributed by atoms with van der Waals surface area (Å²) in [6, 6.07) is 9.06. The van der Waals surface area contributed by atoms with Gasteiger partial charge in [0, 0.05) is 0 Å². The first-order chi connectivity index (χ1) is 8.52. The van der Waals surface area contributed by atoms with Gasteiger partial charge in [0.2, 0.25) is 0 Å². The predicted octanol–water partition coefficient (Wildman–Crippen LogP) is -0.452. The molecule has 0 unspecified atom stereocenters. The molecule has 0 aliphatic heterocycles. The maximum Gasteiger partial charge on any atom is 0.119 e. The van der Waals surface area contributed by atoms with Crippen LogP contribution in [0.2, 0.25) is 0 Å². The van der Waals surface area contributed by atoms with Gasteiger partial charge in [-0.05, 0) is 19.1 Å². The standard InChI is InChI=1S/C12H18N2O4/c1-8(15)11(17)12(18)10(16)7-13-14-9-5-3-2-4-6-9/h2-8,10-12,14-18H,1H3/t8-,10+,11+,12-/m0/s1. The lowest BCUT2D eigenvalue weighted by molar-refractivity contribution is -0.0820. The fourth-order valence-corrected chi connectivity index (χ4v) is 1.28. The van der Waals surface area contributed by atoms with Crippen molar-refractivity contribution in [3.05, 3.63) is 30.3 Å². The van der Waals surface area contributed by atoms with Gasteiger partial charge in [0.1, 0.15) is 18.3 Å². The summed E-state index contributed by atoms with van der Waals surface area (Å²) < 4.78 is 0. The molecule has 6 heteroatoms. The summed E-state index contributed by atoms with van der Waals surface area (Å²) in [6.45, 7) is 1.32. The molecule has 0 heterocycles. The van der Waals surface area contributed by atoms with E-state index in [4.69, 9.17) is 5.11 Å². The molecule has 4 atom stereocenters. The number of nitrogens with zero attached hydrogens (tertiary/aromatic N) is 1. The third kappa shape index (κ3) is 4.42. The molecular weight excluding hydrogens is 236 g/mol. The lowest BCUT2D eigenvalue weighted by atomic mass is 10.1. The lowest BCUT2D eigenvalue weighted by Crippen LogP contribution is -2.44. The topological polar surface area (TPSA) is 105 Å². The van der Waals surface area contributed by atoms with Crippen molar-refractivity contribution in [2.24, 2.45) is 5.10 Å². The molecule has 1 aromatic carbocycles. The van der Waals surface area contributed by atoms with Gasteiger partial charge < -0.3 is 20.4 Å². The number of hydrogen-bond donors (Lipinski definition) is 5. The number of rotatable bonds is 6. The number of aliphatic hydroxyl groups is 4. The van der Waals surface area contributed by atoms with Crippen LogP contribution in [0.4, 0.5) is 5.69 Å². The highest BCUT2D eigenvalue weighted by atomic mass is 16.4. The van der Waals surface area contributed by atoms with Crippen LogP contribution in [-0.4, -0.2) is 51.1 Å². The zero-order chi connectivity index (χ0) is 13.5. The van der Waals surface area contributed by atoms with E-state index >= 15 is 0 Å². The Bertz CT molecular complexity index is 370. The summed E-state index contributed by atoms with van der Waals surface area (Å²) in [6.07, 6.45) is -4.37. The van der Waals surface area contributed by atoms with E-state index in [1.54, 1.807) is 12.1 Å². The van der Waals surface area contributed by atoms with Crippen LogP contribution in [0.1, 0.15) is 6.92 Å². The van der Waals surface area contributed by atoms with Crippen molar-refractivity contribution in [1.82, 2.24) is 0 Å². The minimum atomic E-state index is -1.49. The molecule has 0 bridgehead atoms. The minimum absolute atomic E-state index is 0.728. The third-order valence-corrected chi connectivity index (χ3v) is 2.39. The Morgan fingerprint density at radius 3 is 2.22 bits per heavy atom. The number of hydrazone groups is 1. The van der Waals surface area contributed by atoms with Gasteiger partial charge in [-0.1, -0.05) is 18.2 Å². The van der Waals surface area contributed by atoms with Gasteiger partial charge >= 0.3 is 0 Å². The quantitative estimate of drug-likeness (QED) is 0.349. The Balaban J connectivity index is 2.47. The molecule has 5 N–H and O–H groups in total. The minimum Gasteiger partial charge on any atom is -0.391 e. The van der Waals surface area contributed by atoms with Gasteiger partial charge in [-0.2, -0.15) is 5.10 Å². The van der Waals surface area contributed by atoms with Gasteiger partial charge in [-0.15, -0.1) is 0 Å². The second kappa shape index (κ2) is 7.07. The van der Waals surface area contributed by atoms with E-state index < -0.39 is 24.4 Å². The number of anilines is 1. The maximum atomic E-state index is 9.50. The molecule has 0 fully saturated rings. The summed E-state index contributed by atoms with van der Waals surface area (Å²) in [5, 5.41) is 41.1. The third-order valence-electron chi connectivity index (χ3n) is 2.39. The number of hydrogen-bond acceptors (Lipinski definition) is 6. The van der Waals surface area contributed by atoms with Crippen LogP contribution in [0.3, 0.4) is 0 Å². The number of benzene rings is 1. The summed E-state index contributed by atoms with van der Waals surface area (Å²) >= 11 is 0. The molecule has 0 spiro atoms. The Morgan fingerprint density at radius 2 is 1.67 bits per heavy atom. The predicted molar refractivity (Wildman–Crippen MR) is 68.3 cm³/mol. The highest BCUT2D eigenvalue weighted by Crippen LogP contribution is 2.06. The van der Waals surface area contributed by atoms with Gasteiger partial charge in [-0.3, -0.25) is 5.43 Å². The van der Waals surface area contributed by atoms with Crippen LogP contribution in [0.5, 0.6) is 0 Å². The zero-order valence-electron chi connectivity index (χ0n) is 10.0. The van der Waals surface area contributed by atoms with Crippen molar-refractivity contribution in [2.45, 2.75) is 31.3 Å². The molecule has 0 amide bonds. The van der Waals surface area contributed by atoms with Crippen molar-refractivity contribution in [3.63, 3.8) is 0 Å². The van der Waals surface area contributed by atoms with Crippen molar-refractivity contribution in [3.8, 4) is 0 Å². The van der Waals surface area contributed by atoms with E-state index in [2.05, 4.69) is 10.5 Å². The van der Waals surface area contributed by atoms with Gasteiger partial charge in [0.15, 0.2) is 0 Å². The van der Waals surface area contributed by atoms with Crippen molar-refractivity contribution < 1.29 is 20.4 Å². The normalized spacial score (nSPS) is 18.3. The zero-order valence-corrected chi connectivity index (χ0v) is 10.0. The fourth-order valence-electron chi connectivity index (χ4n) is 1.28. The van der Waals surface area contributed by atoms with E-state index in [9.17, 15) is 15.3 Å². The molecule has 1 aromatic rings. The Kier molecular flexibility index (Phi) is 5.73. The molecule has 100 valence electrons. The Hall–Kier alpha value is -1.47. The average Bonchev–Trinajstić information content (AvgIpc) is 2.38. The molecule has 0 aliphatic rings. The first kappa shape index (κ1) is 14.6. The molecule has 18 heavy (non-hydrogen) atoms.